The van der Waals surface area contributed by atoms with Crippen molar-refractivity contribution in [2.45, 2.75) is 33.0 Å². The van der Waals surface area contributed by atoms with Crippen molar-refractivity contribution in [1.29, 1.82) is 0 Å². The van der Waals surface area contributed by atoms with Crippen LogP contribution in [0.15, 0.2) is 42.5 Å². The van der Waals surface area contributed by atoms with Crippen molar-refractivity contribution < 1.29 is 23.8 Å². The number of benzene rings is 2. The summed E-state index contributed by atoms with van der Waals surface area (Å²) < 4.78 is 15.7. The highest BCUT2D eigenvalue weighted by molar-refractivity contribution is 5.91. The maximum Gasteiger partial charge on any atom is 0.412 e. The number of ether oxygens (including phenoxy) is 3. The molecule has 0 saturated heterocycles. The molecule has 2 aromatic rings. The molecule has 0 aromatic heterocycles. The number of nitrogens with two attached hydrogens (primary N) is 1. The first kappa shape index (κ1) is 20.1. The summed E-state index contributed by atoms with van der Waals surface area (Å²) in [6.45, 7) is 5.50. The van der Waals surface area contributed by atoms with Gasteiger partial charge in [-0.05, 0) is 39.0 Å². The van der Waals surface area contributed by atoms with E-state index >= 15 is 0 Å². The van der Waals surface area contributed by atoms with Crippen molar-refractivity contribution in [3.8, 4) is 5.75 Å². The minimum Gasteiger partial charge on any atom is -0.489 e. The third-order valence-electron chi connectivity index (χ3n) is 3.48. The lowest BCUT2D eigenvalue weighted by atomic mass is 10.1. The summed E-state index contributed by atoms with van der Waals surface area (Å²) in [5, 5.41) is 2.60. The molecule has 0 unspecified atom stereocenters. The number of nitrogens with one attached hydrogen (secondary N) is 1. The van der Waals surface area contributed by atoms with Crippen molar-refractivity contribution in [1.82, 2.24) is 0 Å². The first-order valence-electron chi connectivity index (χ1n) is 8.38. The van der Waals surface area contributed by atoms with Crippen molar-refractivity contribution in [2.24, 2.45) is 0 Å². The van der Waals surface area contributed by atoms with Crippen LogP contribution >= 0.6 is 0 Å². The molecule has 7 heteroatoms. The third-order valence-corrected chi connectivity index (χ3v) is 3.48. The lowest BCUT2D eigenvalue weighted by Crippen LogP contribution is -2.27. The van der Waals surface area contributed by atoms with Gasteiger partial charge in [0, 0.05) is 11.6 Å². The molecule has 0 heterocycles. The zero-order valence-corrected chi connectivity index (χ0v) is 15.9. The van der Waals surface area contributed by atoms with E-state index in [1.54, 1.807) is 57.2 Å². The van der Waals surface area contributed by atoms with Gasteiger partial charge in [0.2, 0.25) is 0 Å². The fraction of sp³-hybridized carbons (Fsp3) is 0.300. The molecule has 2 aromatic carbocycles. The lowest BCUT2D eigenvalue weighted by molar-refractivity contribution is 0.0595. The molecule has 0 aliphatic carbocycles. The normalized spacial score (nSPS) is 10.8. The number of hydrogen-bond acceptors (Lipinski definition) is 6. The molecule has 0 aliphatic heterocycles. The Labute approximate surface area is 158 Å². The van der Waals surface area contributed by atoms with Gasteiger partial charge in [0.25, 0.3) is 0 Å². The van der Waals surface area contributed by atoms with Crippen LogP contribution in [0.4, 0.5) is 16.2 Å². The molecule has 27 heavy (non-hydrogen) atoms. The predicted octanol–water partition coefficient (Wildman–Crippen LogP) is 3.98. The van der Waals surface area contributed by atoms with Gasteiger partial charge in [0.15, 0.2) is 0 Å². The summed E-state index contributed by atoms with van der Waals surface area (Å²) in [6, 6.07) is 11.9. The molecule has 1 amide bonds. The van der Waals surface area contributed by atoms with Crippen LogP contribution in [-0.2, 0) is 16.1 Å². The summed E-state index contributed by atoms with van der Waals surface area (Å²) in [6.07, 6.45) is -0.588. The van der Waals surface area contributed by atoms with Gasteiger partial charge in [-0.2, -0.15) is 0 Å². The molecular weight excluding hydrogens is 348 g/mol. The number of amides is 1. The quantitative estimate of drug-likeness (QED) is 0.608. The van der Waals surface area contributed by atoms with Crippen LogP contribution < -0.4 is 15.8 Å². The minimum atomic E-state index is -0.602. The van der Waals surface area contributed by atoms with E-state index in [9.17, 15) is 9.59 Å². The number of carbonyl (C=O) groups excluding carboxylic acids is 2. The van der Waals surface area contributed by atoms with Gasteiger partial charge < -0.3 is 19.9 Å². The largest absolute Gasteiger partial charge is 0.489 e. The van der Waals surface area contributed by atoms with Gasteiger partial charge in [0.1, 0.15) is 18.0 Å². The van der Waals surface area contributed by atoms with E-state index in [0.29, 0.717) is 28.3 Å². The van der Waals surface area contributed by atoms with E-state index in [4.69, 9.17) is 19.9 Å². The highest BCUT2D eigenvalue weighted by Gasteiger charge is 2.17. The molecule has 0 radical (unpaired) electrons. The van der Waals surface area contributed by atoms with Crippen molar-refractivity contribution in [3.63, 3.8) is 0 Å². The number of methoxy groups -OCH3 is 1. The van der Waals surface area contributed by atoms with Crippen LogP contribution in [0.3, 0.4) is 0 Å². The first-order chi connectivity index (χ1) is 12.7. The number of anilines is 2. The third kappa shape index (κ3) is 5.91. The maximum atomic E-state index is 11.8. The second-order valence-electron chi connectivity index (χ2n) is 6.81. The first-order valence-corrected chi connectivity index (χ1v) is 8.38. The Hall–Kier alpha value is -3.22. The fourth-order valence-corrected chi connectivity index (χ4v) is 2.27. The monoisotopic (exact) mass is 372 g/mol. The average Bonchev–Trinajstić information content (AvgIpc) is 2.60. The molecule has 0 bridgehead atoms. The Kier molecular flexibility index (Phi) is 6.28. The predicted molar refractivity (Wildman–Crippen MR) is 103 cm³/mol. The minimum absolute atomic E-state index is 0.170. The zero-order chi connectivity index (χ0) is 20.0. The smallest absolute Gasteiger partial charge is 0.412 e. The summed E-state index contributed by atoms with van der Waals surface area (Å²) >= 11 is 0. The van der Waals surface area contributed by atoms with Gasteiger partial charge in [0.05, 0.1) is 24.0 Å². The summed E-state index contributed by atoms with van der Waals surface area (Å²) in [5.41, 5.74) is 7.27. The standard InChI is InChI=1S/C20H24N2O5/c1-20(2,3)27-19(24)22-17-10-9-14(11-16(17)21)26-12-13-7-5-6-8-15(13)18(23)25-4/h5-11H,12,21H2,1-4H3,(H,22,24). The van der Waals surface area contributed by atoms with Crippen LogP contribution in [0.1, 0.15) is 36.7 Å². The highest BCUT2D eigenvalue weighted by Crippen LogP contribution is 2.26. The molecule has 7 nitrogen and oxygen atoms in total. The van der Waals surface area contributed by atoms with Crippen LogP contribution in [0.2, 0.25) is 0 Å². The van der Waals surface area contributed by atoms with E-state index in [1.165, 1.54) is 7.11 Å². The molecule has 0 aliphatic rings. The van der Waals surface area contributed by atoms with Crippen LogP contribution in [0.25, 0.3) is 0 Å². The Morgan fingerprint density at radius 2 is 1.81 bits per heavy atom. The number of hydrogen-bond donors (Lipinski definition) is 2. The van der Waals surface area contributed by atoms with E-state index in [2.05, 4.69) is 5.32 Å². The van der Waals surface area contributed by atoms with E-state index in [0.717, 1.165) is 0 Å². The SMILES string of the molecule is COC(=O)c1ccccc1COc1ccc(NC(=O)OC(C)(C)C)c(N)c1. The zero-order valence-electron chi connectivity index (χ0n) is 15.9. The van der Waals surface area contributed by atoms with Gasteiger partial charge in [-0.3, -0.25) is 5.32 Å². The Balaban J connectivity index is 2.05. The number of carbonyl (C=O) groups is 2. The van der Waals surface area contributed by atoms with Crippen LogP contribution in [-0.4, -0.2) is 24.8 Å². The molecular formula is C20H24N2O5. The second kappa shape index (κ2) is 8.44. The van der Waals surface area contributed by atoms with Crippen molar-refractivity contribution in [2.75, 3.05) is 18.2 Å². The summed E-state index contributed by atoms with van der Waals surface area (Å²) in [7, 11) is 1.33. The second-order valence-corrected chi connectivity index (χ2v) is 6.81. The van der Waals surface area contributed by atoms with E-state index < -0.39 is 17.7 Å². The van der Waals surface area contributed by atoms with Crippen LogP contribution in [0, 0.1) is 0 Å². The number of rotatable bonds is 5. The fourth-order valence-electron chi connectivity index (χ4n) is 2.27. The molecule has 0 fully saturated rings. The lowest BCUT2D eigenvalue weighted by Gasteiger charge is -2.20. The number of nitrogen functional groups attached to an aromatic ring is 1. The molecule has 144 valence electrons. The maximum absolute atomic E-state index is 11.8. The van der Waals surface area contributed by atoms with Gasteiger partial charge in [-0.15, -0.1) is 0 Å². The summed E-state index contributed by atoms with van der Waals surface area (Å²) in [4.78, 5) is 23.6. The van der Waals surface area contributed by atoms with Crippen molar-refractivity contribution >= 4 is 23.4 Å². The van der Waals surface area contributed by atoms with Crippen molar-refractivity contribution in [3.05, 3.63) is 53.6 Å². The average molecular weight is 372 g/mol. The van der Waals surface area contributed by atoms with E-state index in [1.807, 2.05) is 6.07 Å². The molecule has 0 atom stereocenters. The molecule has 3 N–H and O–H groups in total. The molecule has 2 rings (SSSR count). The highest BCUT2D eigenvalue weighted by atomic mass is 16.6. The Bertz CT molecular complexity index is 827. The summed E-state index contributed by atoms with van der Waals surface area (Å²) in [5.74, 6) is 0.0764. The van der Waals surface area contributed by atoms with E-state index in [-0.39, 0.29) is 6.61 Å². The Morgan fingerprint density at radius 3 is 2.44 bits per heavy atom. The number of esters is 1. The topological polar surface area (TPSA) is 99.9 Å². The van der Waals surface area contributed by atoms with Gasteiger partial charge in [-0.25, -0.2) is 9.59 Å². The molecule has 0 spiro atoms. The van der Waals surface area contributed by atoms with Gasteiger partial charge >= 0.3 is 12.1 Å². The van der Waals surface area contributed by atoms with Gasteiger partial charge in [-0.1, -0.05) is 18.2 Å². The molecule has 0 saturated carbocycles. The van der Waals surface area contributed by atoms with Crippen LogP contribution in [0.5, 0.6) is 5.75 Å². The Morgan fingerprint density at radius 1 is 1.11 bits per heavy atom.